The highest BCUT2D eigenvalue weighted by molar-refractivity contribution is 5.94. The maximum atomic E-state index is 14.1. The molecule has 1 aliphatic heterocycles. The van der Waals surface area contributed by atoms with Crippen molar-refractivity contribution in [3.05, 3.63) is 35.9 Å². The van der Waals surface area contributed by atoms with E-state index in [1.807, 2.05) is 0 Å². The van der Waals surface area contributed by atoms with Crippen molar-refractivity contribution in [3.8, 4) is 0 Å². The molecule has 1 N–H and O–H groups in total. The van der Waals surface area contributed by atoms with Crippen LogP contribution in [0.1, 0.15) is 31.1 Å². The van der Waals surface area contributed by atoms with E-state index < -0.39 is 36.1 Å². The lowest BCUT2D eigenvalue weighted by Crippen LogP contribution is -2.46. The van der Waals surface area contributed by atoms with Gasteiger partial charge in [-0.1, -0.05) is 18.2 Å². The highest BCUT2D eigenvalue weighted by Gasteiger charge is 2.51. The van der Waals surface area contributed by atoms with Crippen molar-refractivity contribution in [3.63, 3.8) is 0 Å². The van der Waals surface area contributed by atoms with Gasteiger partial charge in [0.1, 0.15) is 11.6 Å². The van der Waals surface area contributed by atoms with Crippen LogP contribution in [0.25, 0.3) is 0 Å². The molecule has 0 bridgehead atoms. The van der Waals surface area contributed by atoms with Crippen molar-refractivity contribution < 1.29 is 23.1 Å². The number of hydrogen-bond acceptors (Lipinski definition) is 3. The molecule has 0 spiro atoms. The Morgan fingerprint density at radius 2 is 1.87 bits per heavy atom. The van der Waals surface area contributed by atoms with Gasteiger partial charge in [-0.15, -0.1) is 0 Å². The lowest BCUT2D eigenvalue weighted by Gasteiger charge is -2.24. The second-order valence-corrected chi connectivity index (χ2v) is 6.51. The summed E-state index contributed by atoms with van der Waals surface area (Å²) in [6.45, 7) is 3.91. The standard InChI is InChI=1S/C16H20F2N2O3/c1-15(2,3)23-14(22)20-9-12(16(17,18)10-20)19-13(21)11-7-5-4-6-8-11/h4-8,12H,9-10H2,1-3H3,(H,19,21). The Labute approximate surface area is 133 Å². The van der Waals surface area contributed by atoms with Gasteiger partial charge in [-0.2, -0.15) is 0 Å². The summed E-state index contributed by atoms with van der Waals surface area (Å²) in [4.78, 5) is 24.8. The first-order valence-electron chi connectivity index (χ1n) is 7.30. The van der Waals surface area contributed by atoms with Crippen LogP contribution in [0.15, 0.2) is 30.3 Å². The maximum absolute atomic E-state index is 14.1. The van der Waals surface area contributed by atoms with Crippen LogP contribution in [0, 0.1) is 0 Å². The number of nitrogens with zero attached hydrogens (tertiary/aromatic N) is 1. The largest absolute Gasteiger partial charge is 0.444 e. The fourth-order valence-corrected chi connectivity index (χ4v) is 2.23. The maximum Gasteiger partial charge on any atom is 0.410 e. The third-order valence-corrected chi connectivity index (χ3v) is 3.31. The van der Waals surface area contributed by atoms with Crippen LogP contribution in [0.5, 0.6) is 0 Å². The van der Waals surface area contributed by atoms with Crippen LogP contribution in [-0.2, 0) is 4.74 Å². The number of benzene rings is 1. The summed E-state index contributed by atoms with van der Waals surface area (Å²) in [5.41, 5.74) is -0.475. The minimum absolute atomic E-state index is 0.291. The zero-order chi connectivity index (χ0) is 17.3. The van der Waals surface area contributed by atoms with Crippen molar-refractivity contribution in [2.45, 2.75) is 38.3 Å². The molecule has 1 fully saturated rings. The van der Waals surface area contributed by atoms with E-state index in [2.05, 4.69) is 5.32 Å². The summed E-state index contributed by atoms with van der Waals surface area (Å²) in [7, 11) is 0. The quantitative estimate of drug-likeness (QED) is 0.909. The number of amides is 2. The number of carbonyl (C=O) groups excluding carboxylic acids is 2. The fourth-order valence-electron chi connectivity index (χ4n) is 2.23. The van der Waals surface area contributed by atoms with Gasteiger partial charge in [-0.25, -0.2) is 13.6 Å². The second kappa shape index (κ2) is 6.14. The molecule has 1 unspecified atom stereocenters. The summed E-state index contributed by atoms with van der Waals surface area (Å²) in [5.74, 6) is -3.80. The van der Waals surface area contributed by atoms with Crippen molar-refractivity contribution in [1.29, 1.82) is 0 Å². The molecule has 0 aliphatic carbocycles. The highest BCUT2D eigenvalue weighted by Crippen LogP contribution is 2.29. The van der Waals surface area contributed by atoms with Crippen molar-refractivity contribution >= 4 is 12.0 Å². The molecule has 1 aromatic rings. The molecule has 1 atom stereocenters. The molecule has 1 aliphatic rings. The van der Waals surface area contributed by atoms with Gasteiger partial charge in [0.05, 0.1) is 13.1 Å². The first kappa shape index (κ1) is 17.2. The van der Waals surface area contributed by atoms with Gasteiger partial charge in [0.25, 0.3) is 11.8 Å². The molecule has 5 nitrogen and oxygen atoms in total. The van der Waals surface area contributed by atoms with Crippen molar-refractivity contribution in [2.24, 2.45) is 0 Å². The summed E-state index contributed by atoms with van der Waals surface area (Å²) < 4.78 is 33.2. The molecule has 2 rings (SSSR count). The predicted molar refractivity (Wildman–Crippen MR) is 80.5 cm³/mol. The number of carbonyl (C=O) groups is 2. The predicted octanol–water partition coefficient (Wildman–Crippen LogP) is 2.67. The average Bonchev–Trinajstić information content (AvgIpc) is 2.73. The molecular formula is C16H20F2N2O3. The smallest absolute Gasteiger partial charge is 0.410 e. The van der Waals surface area contributed by atoms with Gasteiger partial charge in [0, 0.05) is 5.56 Å². The topological polar surface area (TPSA) is 58.6 Å². The number of rotatable bonds is 2. The molecule has 1 saturated heterocycles. The van der Waals surface area contributed by atoms with Gasteiger partial charge >= 0.3 is 6.09 Å². The molecule has 0 saturated carbocycles. The monoisotopic (exact) mass is 326 g/mol. The fraction of sp³-hybridized carbons (Fsp3) is 0.500. The van der Waals surface area contributed by atoms with Gasteiger partial charge in [-0.05, 0) is 32.9 Å². The molecule has 23 heavy (non-hydrogen) atoms. The van der Waals surface area contributed by atoms with E-state index >= 15 is 0 Å². The van der Waals surface area contributed by atoms with E-state index in [4.69, 9.17) is 4.74 Å². The lowest BCUT2D eigenvalue weighted by molar-refractivity contribution is -0.0153. The average molecular weight is 326 g/mol. The van der Waals surface area contributed by atoms with Crippen LogP contribution in [0.4, 0.5) is 13.6 Å². The van der Waals surface area contributed by atoms with Crippen LogP contribution in [-0.4, -0.2) is 47.6 Å². The highest BCUT2D eigenvalue weighted by atomic mass is 19.3. The van der Waals surface area contributed by atoms with Gasteiger partial charge in [0.15, 0.2) is 0 Å². The SMILES string of the molecule is CC(C)(C)OC(=O)N1CC(NC(=O)c2ccccc2)C(F)(F)C1. The number of halogens is 2. The normalized spacial score (nSPS) is 20.2. The van der Waals surface area contributed by atoms with Crippen molar-refractivity contribution in [2.75, 3.05) is 13.1 Å². The van der Waals surface area contributed by atoms with E-state index in [1.54, 1.807) is 39.0 Å². The minimum Gasteiger partial charge on any atom is -0.444 e. The van der Waals surface area contributed by atoms with E-state index in [0.717, 1.165) is 4.90 Å². The van der Waals surface area contributed by atoms with Crippen LogP contribution in [0.2, 0.25) is 0 Å². The second-order valence-electron chi connectivity index (χ2n) is 6.51. The lowest BCUT2D eigenvalue weighted by atomic mass is 10.1. The Balaban J connectivity index is 2.03. The Kier molecular flexibility index (Phi) is 4.58. The number of alkyl halides is 2. The Hall–Kier alpha value is -2.18. The Morgan fingerprint density at radius 1 is 1.26 bits per heavy atom. The van der Waals surface area contributed by atoms with E-state index in [9.17, 15) is 18.4 Å². The van der Waals surface area contributed by atoms with Crippen molar-refractivity contribution in [1.82, 2.24) is 10.2 Å². The number of ether oxygens (including phenoxy) is 1. The molecule has 1 aromatic carbocycles. The van der Waals surface area contributed by atoms with E-state index in [1.165, 1.54) is 12.1 Å². The molecule has 0 aromatic heterocycles. The Morgan fingerprint density at radius 3 is 2.43 bits per heavy atom. The van der Waals surface area contributed by atoms with Gasteiger partial charge in [-0.3, -0.25) is 9.69 Å². The van der Waals surface area contributed by atoms with Crippen LogP contribution >= 0.6 is 0 Å². The van der Waals surface area contributed by atoms with Gasteiger partial charge < -0.3 is 10.1 Å². The zero-order valence-electron chi connectivity index (χ0n) is 13.3. The molecular weight excluding hydrogens is 306 g/mol. The summed E-state index contributed by atoms with van der Waals surface area (Å²) in [5, 5.41) is 2.29. The molecule has 1 heterocycles. The molecule has 126 valence electrons. The number of likely N-dealkylation sites (tertiary alicyclic amines) is 1. The Bertz CT molecular complexity index is 585. The van der Waals surface area contributed by atoms with E-state index in [0.29, 0.717) is 5.56 Å². The first-order valence-corrected chi connectivity index (χ1v) is 7.30. The third-order valence-electron chi connectivity index (χ3n) is 3.31. The molecule has 2 amide bonds. The minimum atomic E-state index is -3.21. The first-order chi connectivity index (χ1) is 10.6. The van der Waals surface area contributed by atoms with Gasteiger partial charge in [0.2, 0.25) is 0 Å². The molecule has 7 heteroatoms. The number of hydrogen-bond donors (Lipinski definition) is 1. The number of nitrogens with one attached hydrogen (secondary N) is 1. The summed E-state index contributed by atoms with van der Waals surface area (Å²) in [6, 6.07) is 6.65. The van der Waals surface area contributed by atoms with Crippen LogP contribution < -0.4 is 5.32 Å². The van der Waals surface area contributed by atoms with E-state index in [-0.39, 0.29) is 6.54 Å². The zero-order valence-corrected chi connectivity index (χ0v) is 13.3. The summed E-state index contributed by atoms with van der Waals surface area (Å²) in [6.07, 6.45) is -0.811. The van der Waals surface area contributed by atoms with Crippen LogP contribution in [0.3, 0.4) is 0 Å². The third kappa shape index (κ3) is 4.40. The molecule has 0 radical (unpaired) electrons. The summed E-state index contributed by atoms with van der Waals surface area (Å²) >= 11 is 0.